The Morgan fingerprint density at radius 3 is 1.50 bits per heavy atom. The van der Waals surface area contributed by atoms with E-state index in [-0.39, 0.29) is 5.97 Å². The van der Waals surface area contributed by atoms with Crippen LogP contribution in [0.3, 0.4) is 0 Å². The van der Waals surface area contributed by atoms with Gasteiger partial charge in [-0.3, -0.25) is 4.79 Å². The molecule has 0 saturated carbocycles. The van der Waals surface area contributed by atoms with Gasteiger partial charge >= 0.3 is 5.97 Å². The van der Waals surface area contributed by atoms with Gasteiger partial charge < -0.3 is 9.32 Å². The third kappa shape index (κ3) is 12.1. The van der Waals surface area contributed by atoms with E-state index in [2.05, 4.69) is 13.8 Å². The fourth-order valence-electron chi connectivity index (χ4n) is 4.51. The summed E-state index contributed by atoms with van der Waals surface area (Å²) in [7, 11) is 0. The van der Waals surface area contributed by atoms with Crippen molar-refractivity contribution in [3.05, 3.63) is 0 Å². The zero-order valence-corrected chi connectivity index (χ0v) is 19.4. The Balaban J connectivity index is 2.32. The largest absolute Gasteiger partial charge is 0.368 e. The van der Waals surface area contributed by atoms with Crippen LogP contribution in [0.15, 0.2) is 0 Å². The summed E-state index contributed by atoms with van der Waals surface area (Å²) in [5.74, 6) is -0.181. The van der Waals surface area contributed by atoms with Crippen molar-refractivity contribution in [2.45, 2.75) is 111 Å². The molecular formula is C24H49N2O2+. The molecule has 0 amide bonds. The van der Waals surface area contributed by atoms with Crippen molar-refractivity contribution in [2.24, 2.45) is 0 Å². The molecule has 1 aliphatic rings. The molecule has 0 aromatic heterocycles. The first kappa shape index (κ1) is 25.4. The van der Waals surface area contributed by atoms with Crippen LogP contribution in [0.1, 0.15) is 111 Å². The van der Waals surface area contributed by atoms with Crippen LogP contribution in [0, 0.1) is 0 Å². The summed E-state index contributed by atoms with van der Waals surface area (Å²) in [6.07, 6.45) is 19.4. The Kier molecular flexibility index (Phi) is 14.7. The summed E-state index contributed by atoms with van der Waals surface area (Å²) >= 11 is 0. The van der Waals surface area contributed by atoms with E-state index in [1.54, 1.807) is 0 Å². The van der Waals surface area contributed by atoms with Gasteiger partial charge in [-0.15, -0.1) is 5.06 Å². The van der Waals surface area contributed by atoms with Gasteiger partial charge in [0.2, 0.25) is 0 Å². The van der Waals surface area contributed by atoms with Crippen molar-refractivity contribution in [3.63, 3.8) is 0 Å². The number of carbonyl (C=O) groups is 1. The lowest BCUT2D eigenvalue weighted by Gasteiger charge is -2.44. The fraction of sp³-hybridized carbons (Fsp3) is 0.958. The summed E-state index contributed by atoms with van der Waals surface area (Å²) in [5, 5.41) is 1.88. The minimum absolute atomic E-state index is 0.181. The van der Waals surface area contributed by atoms with Crippen LogP contribution >= 0.6 is 0 Å². The van der Waals surface area contributed by atoms with E-state index in [1.165, 1.54) is 114 Å². The quantitative estimate of drug-likeness (QED) is 0.219. The number of unbranched alkanes of at least 4 members (excludes halogenated alkanes) is 12. The molecule has 0 atom stereocenters. The van der Waals surface area contributed by atoms with Crippen molar-refractivity contribution in [2.75, 3.05) is 39.3 Å². The van der Waals surface area contributed by atoms with Gasteiger partial charge in [-0.1, -0.05) is 78.1 Å². The van der Waals surface area contributed by atoms with Crippen molar-refractivity contribution in [1.29, 1.82) is 0 Å². The molecular weight excluding hydrogens is 348 g/mol. The van der Waals surface area contributed by atoms with Gasteiger partial charge in [0.1, 0.15) is 0 Å². The molecule has 166 valence electrons. The molecule has 0 bridgehead atoms. The van der Waals surface area contributed by atoms with Crippen molar-refractivity contribution in [3.8, 4) is 0 Å². The van der Waals surface area contributed by atoms with Gasteiger partial charge in [-0.25, -0.2) is 0 Å². The molecule has 1 fully saturated rings. The van der Waals surface area contributed by atoms with E-state index in [0.717, 1.165) is 26.2 Å². The van der Waals surface area contributed by atoms with E-state index in [9.17, 15) is 4.79 Å². The van der Waals surface area contributed by atoms with Gasteiger partial charge in [-0.05, 0) is 25.7 Å². The topological polar surface area (TPSA) is 29.5 Å². The standard InChI is InChI=1S/C24H49N2O2/c1-4-6-8-10-12-14-16-20-26(21-17-15-13-11-9-7-5-2)22-18-25(19-23-26)28-24(3)27/h4-23H2,1-3H3/q+1. The average molecular weight is 398 g/mol. The van der Waals surface area contributed by atoms with Crippen molar-refractivity contribution < 1.29 is 14.1 Å². The molecule has 0 spiro atoms. The lowest BCUT2D eigenvalue weighted by Crippen LogP contribution is -2.60. The first-order valence-electron chi connectivity index (χ1n) is 12.4. The van der Waals surface area contributed by atoms with Gasteiger partial charge in [0.15, 0.2) is 0 Å². The molecule has 1 rings (SSSR count). The normalized spacial score (nSPS) is 17.0. The van der Waals surface area contributed by atoms with Gasteiger partial charge in [-0.2, -0.15) is 0 Å². The Labute approximate surface area is 175 Å². The number of hydrogen-bond acceptors (Lipinski definition) is 3. The maximum absolute atomic E-state index is 11.2. The van der Waals surface area contributed by atoms with E-state index < -0.39 is 0 Å². The van der Waals surface area contributed by atoms with Crippen LogP contribution < -0.4 is 0 Å². The molecule has 0 aromatic rings. The van der Waals surface area contributed by atoms with E-state index in [4.69, 9.17) is 4.84 Å². The summed E-state index contributed by atoms with van der Waals surface area (Å²) in [5.41, 5.74) is 0. The smallest absolute Gasteiger partial charge is 0.322 e. The van der Waals surface area contributed by atoms with Crippen LogP contribution in [0.2, 0.25) is 0 Å². The molecule has 4 nitrogen and oxygen atoms in total. The Hall–Kier alpha value is -0.610. The summed E-state index contributed by atoms with van der Waals surface area (Å²) < 4.78 is 1.25. The third-order valence-corrected chi connectivity index (χ3v) is 6.38. The zero-order chi connectivity index (χ0) is 20.5. The summed E-state index contributed by atoms with van der Waals surface area (Å²) in [4.78, 5) is 16.6. The summed E-state index contributed by atoms with van der Waals surface area (Å²) in [6.45, 7) is 12.8. The van der Waals surface area contributed by atoms with E-state index in [1.807, 2.05) is 5.06 Å². The van der Waals surface area contributed by atoms with Crippen LogP contribution in [0.25, 0.3) is 0 Å². The first-order chi connectivity index (χ1) is 13.6. The number of hydroxylamine groups is 2. The van der Waals surface area contributed by atoms with Crippen LogP contribution in [-0.4, -0.2) is 54.8 Å². The lowest BCUT2D eigenvalue weighted by molar-refractivity contribution is -0.934. The van der Waals surface area contributed by atoms with Crippen molar-refractivity contribution >= 4 is 5.97 Å². The number of hydrogen-bond donors (Lipinski definition) is 0. The maximum Gasteiger partial charge on any atom is 0.322 e. The first-order valence-corrected chi connectivity index (χ1v) is 12.4. The zero-order valence-electron chi connectivity index (χ0n) is 19.4. The van der Waals surface area contributed by atoms with Crippen LogP contribution in [0.4, 0.5) is 0 Å². The van der Waals surface area contributed by atoms with Crippen LogP contribution in [0.5, 0.6) is 0 Å². The van der Waals surface area contributed by atoms with Gasteiger partial charge in [0.05, 0.1) is 39.3 Å². The number of piperazine rings is 1. The Morgan fingerprint density at radius 1 is 0.714 bits per heavy atom. The number of quaternary nitrogens is 1. The second-order valence-electron chi connectivity index (χ2n) is 8.99. The fourth-order valence-corrected chi connectivity index (χ4v) is 4.51. The highest BCUT2D eigenvalue weighted by atomic mass is 16.7. The number of carbonyl (C=O) groups excluding carboxylic acids is 1. The minimum Gasteiger partial charge on any atom is -0.368 e. The molecule has 4 heteroatoms. The highest BCUT2D eigenvalue weighted by Crippen LogP contribution is 2.19. The predicted molar refractivity (Wildman–Crippen MR) is 119 cm³/mol. The predicted octanol–water partition coefficient (Wildman–Crippen LogP) is 6.10. The molecule has 28 heavy (non-hydrogen) atoms. The average Bonchev–Trinajstić information content (AvgIpc) is 2.68. The van der Waals surface area contributed by atoms with E-state index in [0.29, 0.717) is 0 Å². The van der Waals surface area contributed by atoms with Crippen LogP contribution in [-0.2, 0) is 9.63 Å². The third-order valence-electron chi connectivity index (χ3n) is 6.38. The minimum atomic E-state index is -0.181. The lowest BCUT2D eigenvalue weighted by atomic mass is 10.1. The maximum atomic E-state index is 11.2. The molecule has 1 saturated heterocycles. The molecule has 1 heterocycles. The van der Waals surface area contributed by atoms with E-state index >= 15 is 0 Å². The highest BCUT2D eigenvalue weighted by Gasteiger charge is 2.33. The number of rotatable bonds is 17. The highest BCUT2D eigenvalue weighted by molar-refractivity contribution is 5.65. The van der Waals surface area contributed by atoms with Gasteiger partial charge in [0, 0.05) is 6.92 Å². The molecule has 0 N–H and O–H groups in total. The van der Waals surface area contributed by atoms with Crippen molar-refractivity contribution in [1.82, 2.24) is 5.06 Å². The molecule has 0 aliphatic carbocycles. The SMILES string of the molecule is CCCCCCCCC[N+]1(CCCCCCCCC)CCN(OC(C)=O)CC1. The monoisotopic (exact) mass is 397 g/mol. The molecule has 0 unspecified atom stereocenters. The molecule has 0 radical (unpaired) electrons. The second-order valence-corrected chi connectivity index (χ2v) is 8.99. The Morgan fingerprint density at radius 2 is 1.11 bits per heavy atom. The Bertz CT molecular complexity index is 359. The van der Waals surface area contributed by atoms with Gasteiger partial charge in [0.25, 0.3) is 0 Å². The molecule has 0 aromatic carbocycles. The number of nitrogens with zero attached hydrogens (tertiary/aromatic N) is 2. The second kappa shape index (κ2) is 16.2. The molecule has 1 aliphatic heterocycles. The summed E-state index contributed by atoms with van der Waals surface area (Å²) in [6, 6.07) is 0.